The molecule has 0 saturated carbocycles. The van der Waals surface area contributed by atoms with Crippen molar-refractivity contribution in [3.8, 4) is 22.8 Å². The number of rotatable bonds is 4. The van der Waals surface area contributed by atoms with Crippen LogP contribution >= 0.6 is 0 Å². The smallest absolute Gasteiger partial charge is 0.387 e. The van der Waals surface area contributed by atoms with Crippen LogP contribution in [0.3, 0.4) is 0 Å². The minimum atomic E-state index is -2.91. The Morgan fingerprint density at radius 1 is 1.11 bits per heavy atom. The summed E-state index contributed by atoms with van der Waals surface area (Å²) < 4.78 is 32.0. The Bertz CT molecular complexity index is 1170. The van der Waals surface area contributed by atoms with E-state index in [4.69, 9.17) is 0 Å². The van der Waals surface area contributed by atoms with Gasteiger partial charge in [-0.15, -0.1) is 4.68 Å². The van der Waals surface area contributed by atoms with Crippen LogP contribution in [-0.2, 0) is 0 Å². The Kier molecular flexibility index (Phi) is 4.11. The highest BCUT2D eigenvalue weighted by Crippen LogP contribution is 2.29. The largest absolute Gasteiger partial charge is 0.435 e. The molecule has 27 heavy (non-hydrogen) atoms. The maximum atomic E-state index is 12.9. The molecule has 4 aromatic rings. The molecule has 0 fully saturated rings. The SMILES string of the molecule is Cc1c(-c2cccc(OC(F)F)c2)cc2cnn(-c3ncccn3)c(=O)n12. The molecule has 0 unspecified atom stereocenters. The van der Waals surface area contributed by atoms with E-state index in [0.29, 0.717) is 22.3 Å². The summed E-state index contributed by atoms with van der Waals surface area (Å²) in [5.41, 5.74) is 2.13. The van der Waals surface area contributed by atoms with Gasteiger partial charge in [0.1, 0.15) is 5.75 Å². The summed E-state index contributed by atoms with van der Waals surface area (Å²) in [6.07, 6.45) is 4.56. The second-order valence-electron chi connectivity index (χ2n) is 5.70. The van der Waals surface area contributed by atoms with E-state index < -0.39 is 12.3 Å². The van der Waals surface area contributed by atoms with Gasteiger partial charge < -0.3 is 4.74 Å². The molecule has 0 amide bonds. The van der Waals surface area contributed by atoms with E-state index in [1.54, 1.807) is 31.2 Å². The topological polar surface area (TPSA) is 74.3 Å². The molecule has 7 nitrogen and oxygen atoms in total. The van der Waals surface area contributed by atoms with E-state index in [9.17, 15) is 13.6 Å². The monoisotopic (exact) mass is 369 g/mol. The summed E-state index contributed by atoms with van der Waals surface area (Å²) >= 11 is 0. The molecule has 136 valence electrons. The molecule has 0 aliphatic heterocycles. The number of hydrogen-bond acceptors (Lipinski definition) is 5. The number of halogens is 2. The molecule has 0 radical (unpaired) electrons. The third kappa shape index (κ3) is 3.03. The fourth-order valence-corrected chi connectivity index (χ4v) is 2.91. The molecule has 0 N–H and O–H groups in total. The molecule has 9 heteroatoms. The molecular weight excluding hydrogens is 356 g/mol. The van der Waals surface area contributed by atoms with Crippen LogP contribution in [-0.4, -0.2) is 30.8 Å². The predicted molar refractivity (Wildman–Crippen MR) is 93.2 cm³/mol. The maximum Gasteiger partial charge on any atom is 0.387 e. The van der Waals surface area contributed by atoms with Crippen molar-refractivity contribution in [1.29, 1.82) is 0 Å². The molecular formula is C18H13F2N5O2. The normalized spacial score (nSPS) is 11.3. The Morgan fingerprint density at radius 3 is 2.63 bits per heavy atom. The Hall–Kier alpha value is -3.62. The van der Waals surface area contributed by atoms with Crippen molar-refractivity contribution in [3.05, 3.63) is 71.2 Å². The van der Waals surface area contributed by atoms with Crippen molar-refractivity contribution in [2.45, 2.75) is 13.5 Å². The fourth-order valence-electron chi connectivity index (χ4n) is 2.91. The Morgan fingerprint density at radius 2 is 1.89 bits per heavy atom. The first-order valence-electron chi connectivity index (χ1n) is 7.97. The van der Waals surface area contributed by atoms with Crippen molar-refractivity contribution < 1.29 is 13.5 Å². The molecule has 0 bridgehead atoms. The molecule has 0 aliphatic carbocycles. The summed E-state index contributed by atoms with van der Waals surface area (Å²) in [5, 5.41) is 4.12. The molecule has 0 spiro atoms. The average Bonchev–Trinajstić information content (AvgIpc) is 3.00. The number of nitrogens with zero attached hydrogens (tertiary/aromatic N) is 5. The van der Waals surface area contributed by atoms with Gasteiger partial charge in [0.2, 0.25) is 0 Å². The van der Waals surface area contributed by atoms with Crippen LogP contribution in [0.25, 0.3) is 22.6 Å². The number of aryl methyl sites for hydroxylation is 1. The molecule has 0 atom stereocenters. The van der Waals surface area contributed by atoms with Crippen LogP contribution in [0.1, 0.15) is 5.69 Å². The van der Waals surface area contributed by atoms with Gasteiger partial charge in [0.15, 0.2) is 0 Å². The zero-order chi connectivity index (χ0) is 19.0. The lowest BCUT2D eigenvalue weighted by Crippen LogP contribution is -2.29. The first kappa shape index (κ1) is 16.8. The molecule has 0 aliphatic rings. The lowest BCUT2D eigenvalue weighted by molar-refractivity contribution is -0.0498. The number of fused-ring (bicyclic) bond motifs is 1. The van der Waals surface area contributed by atoms with Crippen LogP contribution in [0.15, 0.2) is 59.8 Å². The highest BCUT2D eigenvalue weighted by Gasteiger charge is 2.15. The van der Waals surface area contributed by atoms with E-state index in [1.807, 2.05) is 0 Å². The summed E-state index contributed by atoms with van der Waals surface area (Å²) in [5.74, 6) is 0.205. The second kappa shape index (κ2) is 6.60. The van der Waals surface area contributed by atoms with Crippen molar-refractivity contribution in [2.24, 2.45) is 0 Å². The van der Waals surface area contributed by atoms with Gasteiger partial charge in [-0.3, -0.25) is 4.40 Å². The third-order valence-electron chi connectivity index (χ3n) is 4.07. The van der Waals surface area contributed by atoms with Crippen LogP contribution in [0, 0.1) is 6.92 Å². The van der Waals surface area contributed by atoms with Gasteiger partial charge >= 0.3 is 12.3 Å². The minimum Gasteiger partial charge on any atom is -0.435 e. The Balaban J connectivity index is 1.86. The van der Waals surface area contributed by atoms with Crippen molar-refractivity contribution in [3.63, 3.8) is 0 Å². The molecule has 3 aromatic heterocycles. The van der Waals surface area contributed by atoms with Gasteiger partial charge in [0, 0.05) is 23.7 Å². The molecule has 4 rings (SSSR count). The zero-order valence-corrected chi connectivity index (χ0v) is 14.1. The molecule has 0 saturated heterocycles. The van der Waals surface area contributed by atoms with Gasteiger partial charge in [-0.25, -0.2) is 14.8 Å². The van der Waals surface area contributed by atoms with Gasteiger partial charge in [0.05, 0.1) is 11.7 Å². The van der Waals surface area contributed by atoms with Crippen LogP contribution in [0.5, 0.6) is 5.75 Å². The number of ether oxygens (including phenoxy) is 1. The van der Waals surface area contributed by atoms with Gasteiger partial charge in [-0.05, 0) is 36.8 Å². The zero-order valence-electron chi connectivity index (χ0n) is 14.1. The fraction of sp³-hybridized carbons (Fsp3) is 0.111. The summed E-state index contributed by atoms with van der Waals surface area (Å²) in [6, 6.07) is 9.72. The second-order valence-corrected chi connectivity index (χ2v) is 5.70. The van der Waals surface area contributed by atoms with Crippen LogP contribution < -0.4 is 10.4 Å². The average molecular weight is 369 g/mol. The van der Waals surface area contributed by atoms with Crippen LogP contribution in [0.4, 0.5) is 8.78 Å². The lowest BCUT2D eigenvalue weighted by Gasteiger charge is -2.07. The highest BCUT2D eigenvalue weighted by molar-refractivity contribution is 5.74. The van der Waals surface area contributed by atoms with Crippen LogP contribution in [0.2, 0.25) is 0 Å². The van der Waals surface area contributed by atoms with E-state index in [2.05, 4.69) is 19.8 Å². The number of hydrogen-bond donors (Lipinski definition) is 0. The number of benzene rings is 1. The van der Waals surface area contributed by atoms with Crippen molar-refractivity contribution in [1.82, 2.24) is 24.1 Å². The van der Waals surface area contributed by atoms with Gasteiger partial charge in [-0.2, -0.15) is 13.9 Å². The lowest BCUT2D eigenvalue weighted by atomic mass is 10.1. The maximum absolute atomic E-state index is 12.9. The highest BCUT2D eigenvalue weighted by atomic mass is 19.3. The first-order chi connectivity index (χ1) is 13.0. The predicted octanol–water partition coefficient (Wildman–Crippen LogP) is 2.85. The minimum absolute atomic E-state index is 0.0466. The van der Waals surface area contributed by atoms with E-state index >= 15 is 0 Å². The number of aromatic nitrogens is 5. The van der Waals surface area contributed by atoms with Gasteiger partial charge in [0.25, 0.3) is 5.95 Å². The van der Waals surface area contributed by atoms with E-state index in [0.717, 1.165) is 4.68 Å². The third-order valence-corrected chi connectivity index (χ3v) is 4.07. The van der Waals surface area contributed by atoms with Gasteiger partial charge in [-0.1, -0.05) is 12.1 Å². The van der Waals surface area contributed by atoms with E-state index in [1.165, 1.54) is 35.1 Å². The Labute approximate surface area is 151 Å². The molecule has 1 aromatic carbocycles. The summed E-state index contributed by atoms with van der Waals surface area (Å²) in [6.45, 7) is -1.14. The summed E-state index contributed by atoms with van der Waals surface area (Å²) in [7, 11) is 0. The summed E-state index contributed by atoms with van der Waals surface area (Å²) in [4.78, 5) is 20.9. The first-order valence-corrected chi connectivity index (χ1v) is 7.97. The standard InChI is InChI=1S/C18H13F2N5O2/c1-11-15(12-4-2-5-14(8-12)27-16(19)20)9-13-10-23-25(18(26)24(11)13)17-21-6-3-7-22-17/h2-10,16H,1H3. The number of alkyl halides is 2. The van der Waals surface area contributed by atoms with Crippen molar-refractivity contribution in [2.75, 3.05) is 0 Å². The van der Waals surface area contributed by atoms with E-state index in [-0.39, 0.29) is 11.7 Å². The quantitative estimate of drug-likeness (QED) is 0.553. The molecule has 3 heterocycles. The van der Waals surface area contributed by atoms with Crippen molar-refractivity contribution >= 4 is 5.52 Å².